The molecular weight excluding hydrogens is 505 g/mol. The van der Waals surface area contributed by atoms with Crippen LogP contribution >= 0.6 is 23.2 Å². The van der Waals surface area contributed by atoms with Gasteiger partial charge in [-0.15, -0.1) is 0 Å². The zero-order valence-corrected chi connectivity index (χ0v) is 22.1. The fourth-order valence-electron chi connectivity index (χ4n) is 4.26. The van der Waals surface area contributed by atoms with E-state index in [0.29, 0.717) is 22.7 Å². The van der Waals surface area contributed by atoms with Crippen LogP contribution in [0.2, 0.25) is 0 Å². The van der Waals surface area contributed by atoms with Gasteiger partial charge in [-0.05, 0) is 36.1 Å². The average molecular weight is 532 g/mol. The van der Waals surface area contributed by atoms with E-state index in [2.05, 4.69) is 16.4 Å². The van der Waals surface area contributed by atoms with Crippen LogP contribution < -0.4 is 5.32 Å². The number of allylic oxidation sites excluding steroid dienone is 2. The minimum Gasteiger partial charge on any atom is -0.345 e. The summed E-state index contributed by atoms with van der Waals surface area (Å²) in [7, 11) is -3.38. The second-order valence-corrected chi connectivity index (χ2v) is 12.0. The fraction of sp³-hybridized carbons (Fsp3) is 0.346. The van der Waals surface area contributed by atoms with Crippen molar-refractivity contribution in [3.63, 3.8) is 0 Å². The Bertz CT molecular complexity index is 1300. The third kappa shape index (κ3) is 5.95. The molecular formula is C26H27Cl2N3O3S. The molecule has 0 radical (unpaired) electrons. The number of hydrogen-bond donors (Lipinski definition) is 1. The van der Waals surface area contributed by atoms with E-state index < -0.39 is 21.3 Å². The van der Waals surface area contributed by atoms with Gasteiger partial charge in [0.25, 0.3) is 0 Å². The number of sulfone groups is 1. The van der Waals surface area contributed by atoms with E-state index >= 15 is 0 Å². The van der Waals surface area contributed by atoms with Crippen LogP contribution in [0.3, 0.4) is 0 Å². The number of pyridine rings is 1. The average Bonchev–Trinajstić information content (AvgIpc) is 2.79. The third-order valence-corrected chi connectivity index (χ3v) is 8.24. The van der Waals surface area contributed by atoms with Crippen molar-refractivity contribution in [3.8, 4) is 6.07 Å². The Kier molecular flexibility index (Phi) is 8.42. The SMILES string of the molecule is CCS(=O)(=O)c1ccc(CC(=O)NC2(CC(C)C)C=C(Cl)C(c3ccccc3)=C(Cl)C2C#N)nc1. The third-order valence-electron chi connectivity index (χ3n) is 5.82. The van der Waals surface area contributed by atoms with Crippen molar-refractivity contribution in [2.75, 3.05) is 5.75 Å². The van der Waals surface area contributed by atoms with Crippen LogP contribution in [0.25, 0.3) is 5.57 Å². The second-order valence-electron chi connectivity index (χ2n) is 8.90. The lowest BCUT2D eigenvalue weighted by Crippen LogP contribution is -2.54. The van der Waals surface area contributed by atoms with Gasteiger partial charge in [0.05, 0.1) is 28.7 Å². The minimum atomic E-state index is -3.38. The van der Waals surface area contributed by atoms with Crippen LogP contribution in [-0.2, 0) is 21.1 Å². The highest BCUT2D eigenvalue weighted by Crippen LogP contribution is 2.46. The largest absolute Gasteiger partial charge is 0.345 e. The van der Waals surface area contributed by atoms with Crippen LogP contribution in [0.1, 0.15) is 38.4 Å². The highest BCUT2D eigenvalue weighted by Gasteiger charge is 2.45. The van der Waals surface area contributed by atoms with Crippen molar-refractivity contribution in [3.05, 3.63) is 76.1 Å². The Morgan fingerprint density at radius 2 is 1.89 bits per heavy atom. The Labute approximate surface area is 216 Å². The quantitative estimate of drug-likeness (QED) is 0.501. The molecule has 0 spiro atoms. The number of amides is 1. The number of benzene rings is 1. The molecule has 1 aliphatic rings. The van der Waals surface area contributed by atoms with Crippen molar-refractivity contribution < 1.29 is 13.2 Å². The zero-order valence-electron chi connectivity index (χ0n) is 19.8. The fourth-order valence-corrected chi connectivity index (χ4v) is 6.00. The first-order valence-corrected chi connectivity index (χ1v) is 13.7. The number of rotatable bonds is 8. The van der Waals surface area contributed by atoms with E-state index in [1.54, 1.807) is 13.0 Å². The van der Waals surface area contributed by atoms with Gasteiger partial charge in [0.1, 0.15) is 5.92 Å². The number of halogens is 2. The molecule has 1 aromatic heterocycles. The predicted molar refractivity (Wildman–Crippen MR) is 138 cm³/mol. The molecule has 1 aromatic carbocycles. The van der Waals surface area contributed by atoms with Gasteiger partial charge in [-0.3, -0.25) is 9.78 Å². The molecule has 2 atom stereocenters. The molecule has 35 heavy (non-hydrogen) atoms. The molecule has 1 aliphatic carbocycles. The molecule has 0 bridgehead atoms. The van der Waals surface area contributed by atoms with E-state index in [4.69, 9.17) is 23.2 Å². The number of nitrogens with one attached hydrogen (secondary N) is 1. The molecule has 1 amide bonds. The van der Waals surface area contributed by atoms with Crippen LogP contribution in [0, 0.1) is 23.2 Å². The summed E-state index contributed by atoms with van der Waals surface area (Å²) in [6.45, 7) is 5.54. The first-order chi connectivity index (χ1) is 16.5. The van der Waals surface area contributed by atoms with Gasteiger partial charge >= 0.3 is 0 Å². The number of carbonyl (C=O) groups excluding carboxylic acids is 1. The molecule has 2 unspecified atom stereocenters. The topological polar surface area (TPSA) is 99.9 Å². The molecule has 2 aromatic rings. The van der Waals surface area contributed by atoms with E-state index in [0.717, 1.165) is 5.56 Å². The zero-order chi connectivity index (χ0) is 25.8. The lowest BCUT2D eigenvalue weighted by molar-refractivity contribution is -0.122. The van der Waals surface area contributed by atoms with Gasteiger partial charge < -0.3 is 5.32 Å². The summed E-state index contributed by atoms with van der Waals surface area (Å²) >= 11 is 13.5. The number of aromatic nitrogens is 1. The summed E-state index contributed by atoms with van der Waals surface area (Å²) in [5.74, 6) is -1.14. The summed E-state index contributed by atoms with van der Waals surface area (Å²) in [5, 5.41) is 13.8. The Hall–Kier alpha value is -2.66. The first kappa shape index (κ1) is 26.9. The molecule has 3 rings (SSSR count). The van der Waals surface area contributed by atoms with Gasteiger partial charge in [0.15, 0.2) is 9.84 Å². The minimum absolute atomic E-state index is 0.0336. The molecule has 0 aliphatic heterocycles. The van der Waals surface area contributed by atoms with Crippen molar-refractivity contribution in [1.82, 2.24) is 10.3 Å². The van der Waals surface area contributed by atoms with Crippen molar-refractivity contribution in [2.45, 2.75) is 44.0 Å². The summed E-state index contributed by atoms with van der Waals surface area (Å²) in [5.41, 5.74) is 0.652. The second kappa shape index (κ2) is 10.9. The maximum Gasteiger partial charge on any atom is 0.226 e. The van der Waals surface area contributed by atoms with Crippen LogP contribution in [0.5, 0.6) is 0 Å². The highest BCUT2D eigenvalue weighted by atomic mass is 35.5. The first-order valence-electron chi connectivity index (χ1n) is 11.2. The van der Waals surface area contributed by atoms with Crippen molar-refractivity contribution in [1.29, 1.82) is 5.26 Å². The van der Waals surface area contributed by atoms with Crippen molar-refractivity contribution in [2.24, 2.45) is 11.8 Å². The van der Waals surface area contributed by atoms with Gasteiger partial charge in [-0.25, -0.2) is 8.42 Å². The number of nitriles is 1. The molecule has 1 heterocycles. The van der Waals surface area contributed by atoms with E-state index in [1.807, 2.05) is 44.2 Å². The van der Waals surface area contributed by atoms with Gasteiger partial charge in [-0.2, -0.15) is 5.26 Å². The Balaban J connectivity index is 1.93. The molecule has 1 N–H and O–H groups in total. The summed E-state index contributed by atoms with van der Waals surface area (Å²) < 4.78 is 24.0. The van der Waals surface area contributed by atoms with Crippen LogP contribution in [0.4, 0.5) is 0 Å². The molecule has 9 heteroatoms. The molecule has 184 valence electrons. The van der Waals surface area contributed by atoms with Gasteiger partial charge in [-0.1, -0.05) is 74.3 Å². The number of nitrogens with zero attached hydrogens (tertiary/aromatic N) is 2. The van der Waals surface area contributed by atoms with Crippen LogP contribution in [-0.4, -0.2) is 30.6 Å². The molecule has 0 saturated carbocycles. The maximum atomic E-state index is 13.1. The summed E-state index contributed by atoms with van der Waals surface area (Å²) in [6, 6.07) is 14.6. The molecule has 6 nitrogen and oxygen atoms in total. The van der Waals surface area contributed by atoms with Crippen molar-refractivity contribution >= 4 is 44.5 Å². The van der Waals surface area contributed by atoms with E-state index in [-0.39, 0.29) is 33.9 Å². The van der Waals surface area contributed by atoms with Gasteiger partial charge in [0, 0.05) is 27.5 Å². The summed E-state index contributed by atoms with van der Waals surface area (Å²) in [6.07, 6.45) is 3.32. The maximum absolute atomic E-state index is 13.1. The lowest BCUT2D eigenvalue weighted by Gasteiger charge is -2.40. The molecule has 0 fully saturated rings. The Morgan fingerprint density at radius 3 is 2.43 bits per heavy atom. The van der Waals surface area contributed by atoms with Crippen LogP contribution in [0.15, 0.2) is 69.7 Å². The Morgan fingerprint density at radius 1 is 1.20 bits per heavy atom. The van der Waals surface area contributed by atoms with E-state index in [9.17, 15) is 18.5 Å². The predicted octanol–water partition coefficient (Wildman–Crippen LogP) is 5.24. The number of hydrogen-bond acceptors (Lipinski definition) is 5. The normalized spacial score (nSPS) is 20.4. The van der Waals surface area contributed by atoms with E-state index in [1.165, 1.54) is 18.3 Å². The van der Waals surface area contributed by atoms with Gasteiger partial charge in [0.2, 0.25) is 5.91 Å². The summed E-state index contributed by atoms with van der Waals surface area (Å²) in [4.78, 5) is 17.4. The monoisotopic (exact) mass is 531 g/mol. The highest BCUT2D eigenvalue weighted by molar-refractivity contribution is 7.91. The standard InChI is InChI=1S/C26H27Cl2N3O3S/c1-4-35(33,34)20-11-10-19(30-16-20)12-23(32)31-26(13-17(2)3)14-22(27)24(25(28)21(26)15-29)18-8-6-5-7-9-18/h5-11,14,16-17,21H,4,12-13H2,1-3H3,(H,31,32). The molecule has 0 saturated heterocycles. The smallest absolute Gasteiger partial charge is 0.226 e. The number of carbonyl (C=O) groups is 1. The lowest BCUT2D eigenvalue weighted by atomic mass is 9.73.